The van der Waals surface area contributed by atoms with Crippen LogP contribution in [0, 0.1) is 0 Å². The van der Waals surface area contributed by atoms with E-state index in [2.05, 4.69) is 0 Å². The molecule has 0 amide bonds. The predicted octanol–water partition coefficient (Wildman–Crippen LogP) is 6.14. The maximum atomic E-state index is 13.6. The van der Waals surface area contributed by atoms with Gasteiger partial charge in [-0.3, -0.25) is 0 Å². The number of rotatable bonds is 9. The number of methoxy groups -OCH3 is 2. The topological polar surface area (TPSA) is 112 Å². The standard InChI is InChI=1S/C34H30O8S/c1-39-28-17-22(18-29(19-28)40-2)4-3-21-5-15-27(16-6-21)42-43(37,38)31-20-30-32(23-7-11-25(35)12-8-23)33(34(31)41-30)24-9-13-26(36)14-10-24/h3-19,30-31,34-36H,20H2,1-2H3/b4-3+/t30-,31+,34+/m0/s1. The second-order valence-electron chi connectivity index (χ2n) is 10.4. The SMILES string of the molecule is COc1cc(/C=C/c2ccc(OS(=O)(=O)[C@@H]3C[C@@H]4O[C@H]3C(c3ccc(O)cc3)=C4c3ccc(O)cc3)cc2)cc(OC)c1. The molecule has 0 spiro atoms. The van der Waals surface area contributed by atoms with Gasteiger partial charge in [-0.25, -0.2) is 0 Å². The lowest BCUT2D eigenvalue weighted by Crippen LogP contribution is -2.35. The molecule has 0 radical (unpaired) electrons. The lowest BCUT2D eigenvalue weighted by atomic mass is 9.83. The van der Waals surface area contributed by atoms with Gasteiger partial charge >= 0.3 is 10.1 Å². The third-order valence-corrected chi connectivity index (χ3v) is 9.26. The average Bonchev–Trinajstić information content (AvgIpc) is 3.61. The Labute approximate surface area is 250 Å². The number of hydrogen-bond donors (Lipinski definition) is 2. The average molecular weight is 599 g/mol. The summed E-state index contributed by atoms with van der Waals surface area (Å²) in [5.41, 5.74) is 4.92. The van der Waals surface area contributed by atoms with Crippen LogP contribution in [0.2, 0.25) is 0 Å². The zero-order valence-corrected chi connectivity index (χ0v) is 24.3. The minimum Gasteiger partial charge on any atom is -0.508 e. The summed E-state index contributed by atoms with van der Waals surface area (Å²) in [5.74, 6) is 1.80. The van der Waals surface area contributed by atoms with Crippen molar-refractivity contribution in [1.29, 1.82) is 0 Å². The van der Waals surface area contributed by atoms with Crippen molar-refractivity contribution in [2.75, 3.05) is 14.2 Å². The van der Waals surface area contributed by atoms with E-state index >= 15 is 0 Å². The van der Waals surface area contributed by atoms with Gasteiger partial charge in [-0.2, -0.15) is 8.42 Å². The Balaban J connectivity index is 1.23. The van der Waals surface area contributed by atoms with Crippen LogP contribution in [0.3, 0.4) is 0 Å². The summed E-state index contributed by atoms with van der Waals surface area (Å²) in [6, 6.07) is 25.7. The van der Waals surface area contributed by atoms with E-state index in [1.54, 1.807) is 93.1 Å². The van der Waals surface area contributed by atoms with Gasteiger partial charge in [-0.15, -0.1) is 0 Å². The van der Waals surface area contributed by atoms with Crippen LogP contribution in [-0.4, -0.2) is 50.3 Å². The Bertz CT molecular complexity index is 1770. The zero-order chi connectivity index (χ0) is 30.1. The van der Waals surface area contributed by atoms with Gasteiger partial charge in [0.2, 0.25) is 0 Å². The van der Waals surface area contributed by atoms with E-state index < -0.39 is 27.6 Å². The lowest BCUT2D eigenvalue weighted by molar-refractivity contribution is 0.128. The maximum absolute atomic E-state index is 13.6. The van der Waals surface area contributed by atoms with E-state index in [0.29, 0.717) is 11.5 Å². The molecule has 2 heterocycles. The molecule has 0 saturated carbocycles. The Morgan fingerprint density at radius 3 is 1.79 bits per heavy atom. The molecule has 0 aliphatic carbocycles. The summed E-state index contributed by atoms with van der Waals surface area (Å²) in [4.78, 5) is 0. The van der Waals surface area contributed by atoms with E-state index in [1.807, 2.05) is 24.3 Å². The number of phenols is 2. The first-order valence-electron chi connectivity index (χ1n) is 13.7. The van der Waals surface area contributed by atoms with Gasteiger partial charge in [0.25, 0.3) is 0 Å². The number of aromatic hydroxyl groups is 2. The highest BCUT2D eigenvalue weighted by Gasteiger charge is 2.53. The van der Waals surface area contributed by atoms with Gasteiger partial charge in [0.05, 0.1) is 20.3 Å². The molecule has 2 aliphatic heterocycles. The maximum Gasteiger partial charge on any atom is 0.315 e. The smallest absolute Gasteiger partial charge is 0.315 e. The molecule has 4 aromatic carbocycles. The van der Waals surface area contributed by atoms with Gasteiger partial charge in [0.1, 0.15) is 40.1 Å². The van der Waals surface area contributed by atoms with Crippen LogP contribution in [0.25, 0.3) is 23.3 Å². The zero-order valence-electron chi connectivity index (χ0n) is 23.5. The van der Waals surface area contributed by atoms with Crippen molar-refractivity contribution in [3.05, 3.63) is 113 Å². The molecule has 1 saturated heterocycles. The number of ether oxygens (including phenoxy) is 3. The molecule has 6 rings (SSSR count). The second-order valence-corrected chi connectivity index (χ2v) is 12.1. The number of hydrogen-bond acceptors (Lipinski definition) is 8. The van der Waals surface area contributed by atoms with Crippen molar-refractivity contribution < 1.29 is 37.0 Å². The Hall–Kier alpha value is -4.73. The first-order chi connectivity index (χ1) is 20.7. The third kappa shape index (κ3) is 5.82. The fourth-order valence-corrected chi connectivity index (χ4v) is 7.00. The molecule has 43 heavy (non-hydrogen) atoms. The van der Waals surface area contributed by atoms with Crippen LogP contribution in [0.1, 0.15) is 28.7 Å². The fourth-order valence-electron chi connectivity index (χ4n) is 5.58. The number of benzene rings is 4. The van der Waals surface area contributed by atoms with Crippen LogP contribution in [0.15, 0.2) is 91.0 Å². The monoisotopic (exact) mass is 598 g/mol. The van der Waals surface area contributed by atoms with E-state index in [-0.39, 0.29) is 23.7 Å². The van der Waals surface area contributed by atoms with Gasteiger partial charge in [-0.05, 0) is 81.9 Å². The quantitative estimate of drug-likeness (QED) is 0.175. The second kappa shape index (κ2) is 11.5. The highest BCUT2D eigenvalue weighted by molar-refractivity contribution is 7.87. The summed E-state index contributed by atoms with van der Waals surface area (Å²) in [5, 5.41) is 18.7. The summed E-state index contributed by atoms with van der Waals surface area (Å²) in [6.07, 6.45) is 2.81. The van der Waals surface area contributed by atoms with E-state index in [1.165, 1.54) is 0 Å². The van der Waals surface area contributed by atoms with Crippen LogP contribution < -0.4 is 13.7 Å². The molecule has 2 N–H and O–H groups in total. The van der Waals surface area contributed by atoms with Crippen molar-refractivity contribution in [3.8, 4) is 28.7 Å². The highest BCUT2D eigenvalue weighted by Crippen LogP contribution is 2.51. The van der Waals surface area contributed by atoms with Crippen molar-refractivity contribution in [3.63, 3.8) is 0 Å². The molecule has 4 aromatic rings. The molecule has 2 bridgehead atoms. The molecular formula is C34H30O8S. The fraction of sp³-hybridized carbons (Fsp3) is 0.176. The van der Waals surface area contributed by atoms with E-state index in [9.17, 15) is 18.6 Å². The molecule has 1 fully saturated rings. The minimum absolute atomic E-state index is 0.105. The van der Waals surface area contributed by atoms with Crippen molar-refractivity contribution in [2.24, 2.45) is 0 Å². The third-order valence-electron chi connectivity index (χ3n) is 7.65. The van der Waals surface area contributed by atoms with Gasteiger partial charge < -0.3 is 28.6 Å². The molecule has 2 aliphatic rings. The van der Waals surface area contributed by atoms with Crippen molar-refractivity contribution in [2.45, 2.75) is 23.9 Å². The molecular weight excluding hydrogens is 568 g/mol. The van der Waals surface area contributed by atoms with Crippen LogP contribution in [0.4, 0.5) is 0 Å². The summed E-state index contributed by atoms with van der Waals surface area (Å²) >= 11 is 0. The van der Waals surface area contributed by atoms with Crippen LogP contribution >= 0.6 is 0 Å². The van der Waals surface area contributed by atoms with E-state index in [4.69, 9.17) is 18.4 Å². The number of fused-ring (bicyclic) bond motifs is 2. The first-order valence-corrected chi connectivity index (χ1v) is 15.1. The summed E-state index contributed by atoms with van der Waals surface area (Å²) in [7, 11) is -0.895. The first kappa shape index (κ1) is 28.4. The minimum atomic E-state index is -4.08. The number of phenolic OH excluding ortho intramolecular Hbond substituents is 2. The van der Waals surface area contributed by atoms with E-state index in [0.717, 1.165) is 33.4 Å². The highest BCUT2D eigenvalue weighted by atomic mass is 32.2. The van der Waals surface area contributed by atoms with Crippen molar-refractivity contribution in [1.82, 2.24) is 0 Å². The Kier molecular flexibility index (Phi) is 7.60. The van der Waals surface area contributed by atoms with Gasteiger partial charge in [0, 0.05) is 12.5 Å². The summed E-state index contributed by atoms with van der Waals surface area (Å²) in [6.45, 7) is 0. The predicted molar refractivity (Wildman–Crippen MR) is 165 cm³/mol. The Morgan fingerprint density at radius 1 is 0.698 bits per heavy atom. The summed E-state index contributed by atoms with van der Waals surface area (Å²) < 4.78 is 49.7. The largest absolute Gasteiger partial charge is 0.508 e. The molecule has 220 valence electrons. The lowest BCUT2D eigenvalue weighted by Gasteiger charge is -2.24. The molecule has 3 atom stereocenters. The molecule has 9 heteroatoms. The van der Waals surface area contributed by atoms with Gasteiger partial charge in [0.15, 0.2) is 0 Å². The van der Waals surface area contributed by atoms with Crippen LogP contribution in [0.5, 0.6) is 28.7 Å². The Morgan fingerprint density at radius 2 is 1.23 bits per heavy atom. The normalized spacial score (nSPS) is 19.6. The molecule has 0 unspecified atom stereocenters. The molecule has 8 nitrogen and oxygen atoms in total. The van der Waals surface area contributed by atoms with Gasteiger partial charge in [-0.1, -0.05) is 48.6 Å². The molecule has 0 aromatic heterocycles. The van der Waals surface area contributed by atoms with Crippen molar-refractivity contribution >= 4 is 33.4 Å². The van der Waals surface area contributed by atoms with Crippen LogP contribution in [-0.2, 0) is 14.9 Å².